The predicted molar refractivity (Wildman–Crippen MR) is 93.1 cm³/mol. The van der Waals surface area contributed by atoms with Gasteiger partial charge in [-0.1, -0.05) is 12.1 Å². The van der Waals surface area contributed by atoms with E-state index in [2.05, 4.69) is 30.5 Å². The molecule has 0 aromatic heterocycles. The average Bonchev–Trinajstić information content (AvgIpc) is 2.55. The van der Waals surface area contributed by atoms with Crippen LogP contribution < -0.4 is 5.73 Å². The van der Waals surface area contributed by atoms with E-state index in [-0.39, 0.29) is 17.7 Å². The zero-order valence-corrected chi connectivity index (χ0v) is 14.6. The fraction of sp³-hybridized carbons (Fsp3) is 0.529. The molecule has 2 N–H and O–H groups in total. The van der Waals surface area contributed by atoms with Gasteiger partial charge in [0.2, 0.25) is 11.8 Å². The molecule has 23 heavy (non-hydrogen) atoms. The van der Waals surface area contributed by atoms with Crippen LogP contribution in [0.15, 0.2) is 29.2 Å². The molecule has 0 aliphatic carbocycles. The lowest BCUT2D eigenvalue weighted by molar-refractivity contribution is -0.135. The van der Waals surface area contributed by atoms with Crippen molar-refractivity contribution < 1.29 is 9.59 Å². The fourth-order valence-corrected chi connectivity index (χ4v) is 3.25. The molecule has 0 spiro atoms. The molecule has 1 aromatic carbocycles. The summed E-state index contributed by atoms with van der Waals surface area (Å²) in [5.74, 6) is -0.203. The molecule has 0 saturated carbocycles. The molecule has 0 bridgehead atoms. The Labute approximate surface area is 142 Å². The number of amides is 2. The lowest BCUT2D eigenvalue weighted by Crippen LogP contribution is -2.45. The van der Waals surface area contributed by atoms with Gasteiger partial charge in [0.25, 0.3) is 0 Å². The summed E-state index contributed by atoms with van der Waals surface area (Å²) in [6.45, 7) is 2.40. The number of piperidine rings is 1. The van der Waals surface area contributed by atoms with E-state index < -0.39 is 0 Å². The monoisotopic (exact) mass is 335 g/mol. The molecule has 0 unspecified atom stereocenters. The largest absolute Gasteiger partial charge is 0.369 e. The highest BCUT2D eigenvalue weighted by Crippen LogP contribution is 2.18. The van der Waals surface area contributed by atoms with Crippen LogP contribution in [0.3, 0.4) is 0 Å². The van der Waals surface area contributed by atoms with Crippen LogP contribution in [0.25, 0.3) is 0 Å². The summed E-state index contributed by atoms with van der Waals surface area (Å²) in [4.78, 5) is 28.6. The van der Waals surface area contributed by atoms with Crippen molar-refractivity contribution in [2.75, 3.05) is 32.9 Å². The van der Waals surface area contributed by atoms with Crippen molar-refractivity contribution in [2.45, 2.75) is 24.3 Å². The van der Waals surface area contributed by atoms with Gasteiger partial charge in [0.1, 0.15) is 0 Å². The highest BCUT2D eigenvalue weighted by atomic mass is 32.2. The number of thioether (sulfide) groups is 1. The third-order valence-electron chi connectivity index (χ3n) is 4.27. The number of likely N-dealkylation sites (N-methyl/N-ethyl adjacent to an activating group) is 1. The number of nitrogens with zero attached hydrogens (tertiary/aromatic N) is 2. The molecule has 1 heterocycles. The number of primary amides is 1. The minimum Gasteiger partial charge on any atom is -0.369 e. The molecule has 5 nitrogen and oxygen atoms in total. The molecule has 6 heteroatoms. The van der Waals surface area contributed by atoms with Crippen molar-refractivity contribution in [1.82, 2.24) is 9.80 Å². The second-order valence-corrected chi connectivity index (χ2v) is 6.96. The first kappa shape index (κ1) is 17.8. The summed E-state index contributed by atoms with van der Waals surface area (Å²) in [6.07, 6.45) is 3.42. The molecular formula is C17H25N3O2S. The average molecular weight is 335 g/mol. The van der Waals surface area contributed by atoms with E-state index in [1.807, 2.05) is 16.8 Å². The van der Waals surface area contributed by atoms with Crippen molar-refractivity contribution >= 4 is 23.6 Å². The number of hydrogen-bond donors (Lipinski definition) is 1. The summed E-state index contributed by atoms with van der Waals surface area (Å²) >= 11 is 1.72. The second kappa shape index (κ2) is 8.36. The Balaban J connectivity index is 1.79. The Bertz CT molecular complexity index is 539. The van der Waals surface area contributed by atoms with E-state index >= 15 is 0 Å². The van der Waals surface area contributed by atoms with E-state index in [0.29, 0.717) is 32.5 Å². The number of nitrogens with two attached hydrogens (primary N) is 1. The number of carbonyl (C=O) groups is 2. The van der Waals surface area contributed by atoms with Gasteiger partial charge in [0.15, 0.2) is 0 Å². The van der Waals surface area contributed by atoms with Gasteiger partial charge in [0, 0.05) is 30.4 Å². The highest BCUT2D eigenvalue weighted by molar-refractivity contribution is 7.98. The number of benzene rings is 1. The molecule has 1 aromatic rings. The first-order valence-corrected chi connectivity index (χ1v) is 9.10. The van der Waals surface area contributed by atoms with Crippen LogP contribution in [0.5, 0.6) is 0 Å². The number of carbonyl (C=O) groups excluding carboxylic acids is 2. The molecule has 1 aliphatic rings. The highest BCUT2D eigenvalue weighted by Gasteiger charge is 2.26. The van der Waals surface area contributed by atoms with Crippen molar-refractivity contribution in [3.05, 3.63) is 29.8 Å². The first-order valence-electron chi connectivity index (χ1n) is 7.88. The van der Waals surface area contributed by atoms with Crippen LogP contribution in [0, 0.1) is 5.92 Å². The molecule has 1 fully saturated rings. The van der Waals surface area contributed by atoms with Gasteiger partial charge in [-0.15, -0.1) is 11.8 Å². The fourth-order valence-electron chi connectivity index (χ4n) is 2.84. The van der Waals surface area contributed by atoms with Gasteiger partial charge in [-0.25, -0.2) is 0 Å². The van der Waals surface area contributed by atoms with Crippen LogP contribution in [-0.4, -0.2) is 54.6 Å². The Kier molecular flexibility index (Phi) is 6.47. The summed E-state index contributed by atoms with van der Waals surface area (Å²) in [7, 11) is 1.95. The topological polar surface area (TPSA) is 66.6 Å². The predicted octanol–water partition coefficient (Wildman–Crippen LogP) is 1.56. The van der Waals surface area contributed by atoms with Crippen LogP contribution in [0.2, 0.25) is 0 Å². The maximum Gasteiger partial charge on any atom is 0.236 e. The number of hydrogen-bond acceptors (Lipinski definition) is 4. The third kappa shape index (κ3) is 5.25. The molecule has 2 rings (SSSR count). The van der Waals surface area contributed by atoms with E-state index in [9.17, 15) is 9.59 Å². The summed E-state index contributed by atoms with van der Waals surface area (Å²) in [5, 5.41) is 0. The molecule has 2 amide bonds. The van der Waals surface area contributed by atoms with Gasteiger partial charge in [-0.05, 0) is 43.8 Å². The normalized spacial score (nSPS) is 15.9. The molecule has 0 radical (unpaired) electrons. The maximum absolute atomic E-state index is 12.3. The Morgan fingerprint density at radius 3 is 2.39 bits per heavy atom. The van der Waals surface area contributed by atoms with Crippen LogP contribution in [-0.2, 0) is 16.1 Å². The lowest BCUT2D eigenvalue weighted by atomic mass is 9.96. The van der Waals surface area contributed by atoms with Gasteiger partial charge in [-0.3, -0.25) is 14.5 Å². The van der Waals surface area contributed by atoms with Crippen molar-refractivity contribution in [3.63, 3.8) is 0 Å². The lowest BCUT2D eigenvalue weighted by Gasteiger charge is -2.31. The molecule has 1 saturated heterocycles. The SMILES string of the molecule is CSc1ccc(CN(C)CC(=O)N2CCC(C(N)=O)CC2)cc1. The zero-order valence-electron chi connectivity index (χ0n) is 13.8. The number of likely N-dealkylation sites (tertiary alicyclic amines) is 1. The Hall–Kier alpha value is -1.53. The van der Waals surface area contributed by atoms with Gasteiger partial charge >= 0.3 is 0 Å². The van der Waals surface area contributed by atoms with Crippen molar-refractivity contribution in [3.8, 4) is 0 Å². The van der Waals surface area contributed by atoms with Crippen LogP contribution in [0.1, 0.15) is 18.4 Å². The van der Waals surface area contributed by atoms with E-state index in [0.717, 1.165) is 6.54 Å². The Morgan fingerprint density at radius 2 is 1.87 bits per heavy atom. The van der Waals surface area contributed by atoms with Crippen molar-refractivity contribution in [2.24, 2.45) is 11.7 Å². The maximum atomic E-state index is 12.3. The first-order chi connectivity index (χ1) is 11.0. The third-order valence-corrected chi connectivity index (χ3v) is 5.01. The van der Waals surface area contributed by atoms with Gasteiger partial charge in [0.05, 0.1) is 6.54 Å². The van der Waals surface area contributed by atoms with E-state index in [1.165, 1.54) is 10.5 Å². The Morgan fingerprint density at radius 1 is 1.26 bits per heavy atom. The van der Waals surface area contributed by atoms with Crippen LogP contribution in [0.4, 0.5) is 0 Å². The molecular weight excluding hydrogens is 310 g/mol. The minimum atomic E-state index is -0.247. The van der Waals surface area contributed by atoms with E-state index in [1.54, 1.807) is 11.8 Å². The zero-order chi connectivity index (χ0) is 16.8. The number of rotatable bonds is 6. The van der Waals surface area contributed by atoms with Crippen molar-refractivity contribution in [1.29, 1.82) is 0 Å². The smallest absolute Gasteiger partial charge is 0.236 e. The quantitative estimate of drug-likeness (QED) is 0.801. The van der Waals surface area contributed by atoms with Gasteiger partial charge in [-0.2, -0.15) is 0 Å². The summed E-state index contributed by atoms with van der Waals surface area (Å²) in [5.41, 5.74) is 6.52. The van der Waals surface area contributed by atoms with Gasteiger partial charge < -0.3 is 10.6 Å². The standard InChI is InChI=1S/C17H25N3O2S/c1-19(11-13-3-5-15(23-2)6-4-13)12-16(21)20-9-7-14(8-10-20)17(18)22/h3-6,14H,7-12H2,1-2H3,(H2,18,22). The summed E-state index contributed by atoms with van der Waals surface area (Å²) in [6, 6.07) is 8.41. The minimum absolute atomic E-state index is 0.0771. The molecule has 126 valence electrons. The summed E-state index contributed by atoms with van der Waals surface area (Å²) < 4.78 is 0. The second-order valence-electron chi connectivity index (χ2n) is 6.08. The molecule has 1 aliphatic heterocycles. The molecule has 0 atom stereocenters. The van der Waals surface area contributed by atoms with Crippen LogP contribution >= 0.6 is 11.8 Å². The van der Waals surface area contributed by atoms with E-state index in [4.69, 9.17) is 5.73 Å².